The minimum Gasteiger partial charge on any atom is -0.497 e. The highest BCUT2D eigenvalue weighted by atomic mass is 35.5. The van der Waals surface area contributed by atoms with E-state index in [9.17, 15) is 8.78 Å². The number of hydrogen-bond donors (Lipinski definition) is 1. The number of alkyl halides is 5. The SMILES string of the molecule is COc1ccc(CNc2nccnc2[C@@H](C)N2CCOc3c(Cl)c(-c4nc(N(Cc5ccc(OC)cc5)Cc5ccc(OC)cc5)cc(C)c4C(F)(F)F)c(F)c4nc(OC[C@@]56CCCN5C[C@]5(CC5(F)F)C6)nc2c34)cc1. The number of nitrogens with one attached hydrogen (secondary N) is 1. The Kier molecular flexibility index (Phi) is 13.8. The van der Waals surface area contributed by atoms with E-state index in [1.807, 2.05) is 60.4 Å². The molecule has 3 fully saturated rings. The van der Waals surface area contributed by atoms with Gasteiger partial charge in [0.15, 0.2) is 11.6 Å². The van der Waals surface area contributed by atoms with Crippen molar-refractivity contribution in [2.45, 2.75) is 82.8 Å². The Bertz CT molecular complexity index is 3330. The summed E-state index contributed by atoms with van der Waals surface area (Å²) in [4.78, 5) is 29.3. The molecule has 6 heterocycles. The Morgan fingerprint density at radius 3 is 2.05 bits per heavy atom. The first-order valence-electron chi connectivity index (χ1n) is 25.6. The van der Waals surface area contributed by atoms with Crippen molar-refractivity contribution in [3.63, 3.8) is 0 Å². The Labute approximate surface area is 451 Å². The van der Waals surface area contributed by atoms with Gasteiger partial charge in [0.2, 0.25) is 0 Å². The van der Waals surface area contributed by atoms with Gasteiger partial charge in [-0.05, 0) is 104 Å². The highest BCUT2D eigenvalue weighted by molar-refractivity contribution is 6.36. The summed E-state index contributed by atoms with van der Waals surface area (Å²) in [5.74, 6) is -1.67. The molecule has 408 valence electrons. The van der Waals surface area contributed by atoms with Crippen LogP contribution < -0.4 is 38.8 Å². The van der Waals surface area contributed by atoms with Crippen molar-refractivity contribution in [3.05, 3.63) is 136 Å². The van der Waals surface area contributed by atoms with Crippen LogP contribution in [0.5, 0.6) is 29.0 Å². The second kappa shape index (κ2) is 20.5. The molecule has 2 saturated heterocycles. The summed E-state index contributed by atoms with van der Waals surface area (Å²) in [6.07, 6.45) is -0.652. The Morgan fingerprint density at radius 2 is 1.45 bits per heavy atom. The molecule has 1 aliphatic carbocycles. The normalized spacial score (nSPS) is 19.8. The summed E-state index contributed by atoms with van der Waals surface area (Å²) in [7, 11) is 4.68. The fourth-order valence-electron chi connectivity index (χ4n) is 11.6. The lowest BCUT2D eigenvalue weighted by Crippen LogP contribution is -2.43. The van der Waals surface area contributed by atoms with Crippen LogP contribution in [0.4, 0.5) is 43.8 Å². The van der Waals surface area contributed by atoms with E-state index in [4.69, 9.17) is 50.2 Å². The second-order valence-corrected chi connectivity index (χ2v) is 20.9. The summed E-state index contributed by atoms with van der Waals surface area (Å²) < 4.78 is 124. The zero-order valence-electron chi connectivity index (χ0n) is 43.5. The van der Waals surface area contributed by atoms with E-state index < -0.39 is 62.3 Å². The minimum absolute atomic E-state index is 0.0326. The summed E-state index contributed by atoms with van der Waals surface area (Å²) in [6, 6.07) is 22.3. The first-order chi connectivity index (χ1) is 37.4. The van der Waals surface area contributed by atoms with Crippen molar-refractivity contribution in [1.29, 1.82) is 0 Å². The molecule has 3 atom stereocenters. The molecule has 0 bridgehead atoms. The van der Waals surface area contributed by atoms with Crippen LogP contribution >= 0.6 is 11.6 Å². The third-order valence-corrected chi connectivity index (χ3v) is 16.1. The largest absolute Gasteiger partial charge is 0.497 e. The zero-order chi connectivity index (χ0) is 54.7. The third kappa shape index (κ3) is 9.74. The van der Waals surface area contributed by atoms with Gasteiger partial charge in [0.05, 0.1) is 72.1 Å². The summed E-state index contributed by atoms with van der Waals surface area (Å²) in [5.41, 5.74) is -2.36. The average Bonchev–Trinajstić information content (AvgIpc) is 3.11. The predicted octanol–water partition coefficient (Wildman–Crippen LogP) is 12.0. The maximum atomic E-state index is 18.4. The number of anilines is 3. The van der Waals surface area contributed by atoms with E-state index in [0.717, 1.165) is 23.1 Å². The van der Waals surface area contributed by atoms with Gasteiger partial charge in [0, 0.05) is 45.0 Å². The first kappa shape index (κ1) is 52.7. The highest BCUT2D eigenvalue weighted by Crippen LogP contribution is 2.69. The maximum Gasteiger partial charge on any atom is 0.418 e. The number of fused-ring (bicyclic) bond motifs is 1. The van der Waals surface area contributed by atoms with E-state index in [-0.39, 0.29) is 86.6 Å². The van der Waals surface area contributed by atoms with Crippen LogP contribution in [0.1, 0.15) is 72.2 Å². The van der Waals surface area contributed by atoms with Gasteiger partial charge in [0.25, 0.3) is 5.92 Å². The number of aromatic nitrogens is 5. The van der Waals surface area contributed by atoms with E-state index >= 15 is 17.6 Å². The molecule has 4 aliphatic rings. The number of halogens is 7. The summed E-state index contributed by atoms with van der Waals surface area (Å²) >= 11 is 7.30. The van der Waals surface area contributed by atoms with Crippen LogP contribution in [0, 0.1) is 18.2 Å². The standard InChI is InChI=1S/C57H56ClF6N9O5/c1-33-25-41(71(27-36-9-15-39(75-4)16-10-36)28-37-11-17-40(76-5)18-12-37)68-48(44(33)57(62,63)64)42-45(58)50-43-49(46(42)59)69-53(78-32-55-19-6-22-72(55)31-54(29-55)30-56(54,60)61)70-52(43)73(23-24-77-50)34(2)47-51(66-21-20-65-47)67-26-35-7-13-38(74-3)14-8-35/h7-18,20-21,25,34H,6,19,22-24,26-32H2,1-5H3,(H,66,67)/t34-,54-,55+/m1/s1. The van der Waals surface area contributed by atoms with Crippen LogP contribution in [0.2, 0.25) is 5.02 Å². The van der Waals surface area contributed by atoms with Crippen LogP contribution in [-0.4, -0.2) is 95.5 Å². The van der Waals surface area contributed by atoms with Crippen LogP contribution in [0.15, 0.2) is 91.3 Å². The lowest BCUT2D eigenvalue weighted by atomic mass is 9.89. The monoisotopic (exact) mass is 1100 g/mol. The van der Waals surface area contributed by atoms with Gasteiger partial charge in [-0.3, -0.25) is 9.88 Å². The third-order valence-electron chi connectivity index (χ3n) is 15.7. The molecular formula is C57H56ClF6N9O5. The second-order valence-electron chi connectivity index (χ2n) is 20.5. The number of benzene rings is 4. The predicted molar refractivity (Wildman–Crippen MR) is 283 cm³/mol. The fraction of sp³-hybridized carbons (Fsp3) is 0.386. The lowest BCUT2D eigenvalue weighted by Gasteiger charge is -2.32. The van der Waals surface area contributed by atoms with Crippen molar-refractivity contribution in [1.82, 2.24) is 29.8 Å². The minimum atomic E-state index is -5.06. The van der Waals surface area contributed by atoms with Gasteiger partial charge in [-0.15, -0.1) is 0 Å². The molecular weight excluding hydrogens is 1040 g/mol. The molecule has 3 aliphatic heterocycles. The summed E-state index contributed by atoms with van der Waals surface area (Å²) in [5, 5.41) is 2.86. The molecule has 14 nitrogen and oxygen atoms in total. The van der Waals surface area contributed by atoms with E-state index in [1.54, 1.807) is 67.8 Å². The molecule has 7 aromatic rings. The van der Waals surface area contributed by atoms with E-state index in [1.165, 1.54) is 13.0 Å². The molecule has 0 radical (unpaired) electrons. The molecule has 1 spiro atoms. The summed E-state index contributed by atoms with van der Waals surface area (Å²) in [6.45, 7) is 4.57. The number of ether oxygens (including phenoxy) is 5. The highest BCUT2D eigenvalue weighted by Gasteiger charge is 2.77. The molecule has 21 heteroatoms. The molecule has 1 saturated carbocycles. The quantitative estimate of drug-likeness (QED) is 0.0868. The number of methoxy groups -OCH3 is 3. The zero-order valence-corrected chi connectivity index (χ0v) is 44.2. The van der Waals surface area contributed by atoms with Gasteiger partial charge in [-0.2, -0.15) is 23.1 Å². The van der Waals surface area contributed by atoms with E-state index in [0.29, 0.717) is 48.3 Å². The van der Waals surface area contributed by atoms with Crippen molar-refractivity contribution in [2.24, 2.45) is 5.41 Å². The van der Waals surface area contributed by atoms with Crippen LogP contribution in [0.25, 0.3) is 22.2 Å². The van der Waals surface area contributed by atoms with Gasteiger partial charge in [-0.1, -0.05) is 48.0 Å². The smallest absolute Gasteiger partial charge is 0.418 e. The number of nitrogens with zero attached hydrogens (tertiary/aromatic N) is 8. The van der Waals surface area contributed by atoms with Gasteiger partial charge >= 0.3 is 12.2 Å². The van der Waals surface area contributed by atoms with Gasteiger partial charge < -0.3 is 38.8 Å². The molecule has 1 N–H and O–H groups in total. The van der Waals surface area contributed by atoms with E-state index in [2.05, 4.69) is 15.3 Å². The van der Waals surface area contributed by atoms with Crippen molar-refractivity contribution in [2.75, 3.05) is 69.3 Å². The fourth-order valence-corrected chi connectivity index (χ4v) is 11.9. The molecule has 11 rings (SSSR count). The molecule has 78 heavy (non-hydrogen) atoms. The van der Waals surface area contributed by atoms with Crippen molar-refractivity contribution >= 4 is 40.0 Å². The number of pyridine rings is 1. The Balaban J connectivity index is 1.05. The number of rotatable bonds is 17. The van der Waals surface area contributed by atoms with Gasteiger partial charge in [0.1, 0.15) is 59.1 Å². The molecule has 0 amide bonds. The molecule has 0 unspecified atom stereocenters. The van der Waals surface area contributed by atoms with Gasteiger partial charge in [-0.25, -0.2) is 23.1 Å². The first-order valence-corrected chi connectivity index (χ1v) is 26.0. The van der Waals surface area contributed by atoms with Crippen LogP contribution in [0.3, 0.4) is 0 Å². The Morgan fingerprint density at radius 1 is 0.833 bits per heavy atom. The Hall–Kier alpha value is -7.32. The number of hydrogen-bond acceptors (Lipinski definition) is 14. The van der Waals surface area contributed by atoms with Crippen molar-refractivity contribution in [3.8, 4) is 40.3 Å². The lowest BCUT2D eigenvalue weighted by molar-refractivity contribution is -0.137. The maximum absolute atomic E-state index is 18.4. The molecule has 3 aromatic heterocycles. The molecule has 4 aromatic carbocycles. The average molecular weight is 1100 g/mol. The van der Waals surface area contributed by atoms with Crippen LogP contribution in [-0.2, 0) is 25.8 Å². The van der Waals surface area contributed by atoms with Crippen molar-refractivity contribution < 1.29 is 50.0 Å². The number of aryl methyl sites for hydroxylation is 1. The topological polar surface area (TPSA) is 132 Å².